The van der Waals surface area contributed by atoms with E-state index in [1.807, 2.05) is 24.3 Å². The smallest absolute Gasteiger partial charge is 0.358 e. The Morgan fingerprint density at radius 1 is 1.15 bits per heavy atom. The Morgan fingerprint density at radius 3 is 2.62 bits per heavy atom. The fourth-order valence-electron chi connectivity index (χ4n) is 3.57. The number of para-hydroxylation sites is 1. The summed E-state index contributed by atoms with van der Waals surface area (Å²) in [7, 11) is 1.31. The van der Waals surface area contributed by atoms with Gasteiger partial charge >= 0.3 is 5.97 Å². The van der Waals surface area contributed by atoms with Crippen LogP contribution in [0.4, 0.5) is 5.82 Å². The van der Waals surface area contributed by atoms with E-state index in [2.05, 4.69) is 19.8 Å². The molecule has 3 heterocycles. The molecule has 4 rings (SSSR count). The molecule has 0 saturated carbocycles. The first-order chi connectivity index (χ1) is 12.6. The third-order valence-electron chi connectivity index (χ3n) is 5.04. The highest BCUT2D eigenvalue weighted by molar-refractivity contribution is 6.00. The van der Waals surface area contributed by atoms with Gasteiger partial charge in [0.15, 0.2) is 17.3 Å². The van der Waals surface area contributed by atoms with E-state index >= 15 is 0 Å². The number of carbonyl (C=O) groups is 2. The number of esters is 1. The van der Waals surface area contributed by atoms with Crippen LogP contribution in [0.15, 0.2) is 36.4 Å². The molecule has 1 fully saturated rings. The molecule has 26 heavy (non-hydrogen) atoms. The maximum absolute atomic E-state index is 12.5. The molecule has 2 aliphatic rings. The summed E-state index contributed by atoms with van der Waals surface area (Å²) in [5.74, 6) is 1.02. The summed E-state index contributed by atoms with van der Waals surface area (Å²) in [5.41, 5.74) is 0.411. The van der Waals surface area contributed by atoms with Gasteiger partial charge in [0.05, 0.1) is 19.1 Å². The Kier molecular flexibility index (Phi) is 4.06. The number of hydrogen-bond acceptors (Lipinski definition) is 7. The quantitative estimate of drug-likeness (QED) is 0.766. The van der Waals surface area contributed by atoms with Crippen LogP contribution >= 0.6 is 0 Å². The Balaban J connectivity index is 1.46. The molecule has 0 bridgehead atoms. The van der Waals surface area contributed by atoms with Crippen molar-refractivity contribution in [3.8, 4) is 5.75 Å². The lowest BCUT2D eigenvalue weighted by atomic mass is 9.82. The lowest BCUT2D eigenvalue weighted by molar-refractivity contribution is 0.0231. The Hall–Kier alpha value is -2.96. The van der Waals surface area contributed by atoms with Crippen LogP contribution < -0.4 is 9.64 Å². The number of piperidine rings is 1. The lowest BCUT2D eigenvalue weighted by Crippen LogP contribution is -2.51. The van der Waals surface area contributed by atoms with Gasteiger partial charge in [0.2, 0.25) is 0 Å². The molecular weight excluding hydrogens is 334 g/mol. The van der Waals surface area contributed by atoms with Gasteiger partial charge in [-0.2, -0.15) is 0 Å². The monoisotopic (exact) mass is 353 g/mol. The van der Waals surface area contributed by atoms with Crippen molar-refractivity contribution in [2.45, 2.75) is 24.9 Å². The molecule has 1 aromatic carbocycles. The maximum Gasteiger partial charge on any atom is 0.358 e. The van der Waals surface area contributed by atoms with Crippen molar-refractivity contribution in [3.63, 3.8) is 0 Å². The summed E-state index contributed by atoms with van der Waals surface area (Å²) < 4.78 is 10.9. The van der Waals surface area contributed by atoms with Gasteiger partial charge in [0.25, 0.3) is 0 Å². The van der Waals surface area contributed by atoms with Crippen molar-refractivity contribution >= 4 is 17.6 Å². The number of ketones is 1. The summed E-state index contributed by atoms with van der Waals surface area (Å²) in [5, 5.41) is 8.04. The van der Waals surface area contributed by atoms with Gasteiger partial charge in [-0.15, -0.1) is 10.2 Å². The number of aromatic nitrogens is 2. The van der Waals surface area contributed by atoms with Crippen molar-refractivity contribution in [2.24, 2.45) is 0 Å². The van der Waals surface area contributed by atoms with Crippen molar-refractivity contribution in [1.29, 1.82) is 0 Å². The normalized spacial score (nSPS) is 18.2. The standard InChI is InChI=1S/C19H19N3O4/c1-25-18(24)14-6-7-17(21-20-14)22-10-8-19(9-11-22)12-15(23)13-4-2-3-5-16(13)26-19/h2-7H,8-12H2,1H3. The highest BCUT2D eigenvalue weighted by atomic mass is 16.5. The first kappa shape index (κ1) is 16.5. The van der Waals surface area contributed by atoms with Gasteiger partial charge in [-0.25, -0.2) is 4.79 Å². The lowest BCUT2D eigenvalue weighted by Gasteiger charge is -2.44. The number of hydrogen-bond donors (Lipinski definition) is 0. The SMILES string of the molecule is COC(=O)c1ccc(N2CCC3(CC2)CC(=O)c2ccccc2O3)nn1. The predicted molar refractivity (Wildman–Crippen MR) is 93.6 cm³/mol. The van der Waals surface area contributed by atoms with Crippen LogP contribution in [0.25, 0.3) is 0 Å². The largest absolute Gasteiger partial charge is 0.486 e. The van der Waals surface area contributed by atoms with Gasteiger partial charge in [0, 0.05) is 25.9 Å². The van der Waals surface area contributed by atoms with Gasteiger partial charge in [-0.05, 0) is 24.3 Å². The van der Waals surface area contributed by atoms with Crippen LogP contribution in [-0.4, -0.2) is 47.8 Å². The van der Waals surface area contributed by atoms with E-state index in [1.165, 1.54) is 7.11 Å². The number of carbonyl (C=O) groups excluding carboxylic acids is 2. The van der Waals surface area contributed by atoms with E-state index in [1.54, 1.807) is 12.1 Å². The number of methoxy groups -OCH3 is 1. The molecule has 1 aromatic heterocycles. The highest BCUT2D eigenvalue weighted by Crippen LogP contribution is 2.39. The van der Waals surface area contributed by atoms with Crippen LogP contribution in [0.5, 0.6) is 5.75 Å². The van der Waals surface area contributed by atoms with E-state index in [9.17, 15) is 9.59 Å². The minimum absolute atomic E-state index is 0.141. The molecule has 1 spiro atoms. The van der Waals surface area contributed by atoms with Crippen LogP contribution in [0.3, 0.4) is 0 Å². The third kappa shape index (κ3) is 2.89. The summed E-state index contributed by atoms with van der Waals surface area (Å²) in [6.45, 7) is 1.42. The number of fused-ring (bicyclic) bond motifs is 1. The average molecular weight is 353 g/mol. The zero-order valence-corrected chi connectivity index (χ0v) is 14.5. The van der Waals surface area contributed by atoms with Gasteiger partial charge in [0.1, 0.15) is 11.4 Å². The number of benzene rings is 1. The molecule has 7 nitrogen and oxygen atoms in total. The van der Waals surface area contributed by atoms with Crippen LogP contribution in [0.2, 0.25) is 0 Å². The first-order valence-electron chi connectivity index (χ1n) is 8.58. The minimum Gasteiger partial charge on any atom is -0.486 e. The molecule has 0 amide bonds. The number of ether oxygens (including phenoxy) is 2. The molecule has 2 aliphatic heterocycles. The molecule has 2 aromatic rings. The number of rotatable bonds is 2. The van der Waals surface area contributed by atoms with Gasteiger partial charge in [-0.3, -0.25) is 4.79 Å². The second-order valence-electron chi connectivity index (χ2n) is 6.64. The molecule has 0 N–H and O–H groups in total. The van der Waals surface area contributed by atoms with Crippen molar-refractivity contribution in [3.05, 3.63) is 47.7 Å². The second-order valence-corrected chi connectivity index (χ2v) is 6.64. The predicted octanol–water partition coefficient (Wildman–Crippen LogP) is 2.27. The van der Waals surface area contributed by atoms with Crippen molar-refractivity contribution in [1.82, 2.24) is 10.2 Å². The summed E-state index contributed by atoms with van der Waals surface area (Å²) in [4.78, 5) is 26.0. The Bertz CT molecular complexity index is 842. The number of nitrogens with zero attached hydrogens (tertiary/aromatic N) is 3. The molecule has 0 unspecified atom stereocenters. The van der Waals surface area contributed by atoms with E-state index in [4.69, 9.17) is 4.74 Å². The molecule has 0 atom stereocenters. The first-order valence-corrected chi connectivity index (χ1v) is 8.58. The molecule has 7 heteroatoms. The topological polar surface area (TPSA) is 81.6 Å². The molecule has 134 valence electrons. The highest BCUT2D eigenvalue weighted by Gasteiger charge is 2.43. The van der Waals surface area contributed by atoms with Crippen molar-refractivity contribution < 1.29 is 19.1 Å². The minimum atomic E-state index is -0.505. The Labute approximate surface area is 150 Å². The Morgan fingerprint density at radius 2 is 1.92 bits per heavy atom. The summed E-state index contributed by atoms with van der Waals surface area (Å²) >= 11 is 0. The molecular formula is C19H19N3O4. The number of Topliss-reactive ketones (excluding diaryl/α,β-unsaturated/α-hetero) is 1. The van der Waals surface area contributed by atoms with Gasteiger partial charge in [-0.1, -0.05) is 12.1 Å². The fraction of sp³-hybridized carbons (Fsp3) is 0.368. The third-order valence-corrected chi connectivity index (χ3v) is 5.04. The molecule has 0 aliphatic carbocycles. The van der Waals surface area contributed by atoms with E-state index < -0.39 is 11.6 Å². The second kappa shape index (κ2) is 6.40. The van der Waals surface area contributed by atoms with Crippen molar-refractivity contribution in [2.75, 3.05) is 25.1 Å². The van der Waals surface area contributed by atoms with Crippen LogP contribution in [-0.2, 0) is 4.74 Å². The zero-order valence-electron chi connectivity index (χ0n) is 14.5. The van der Waals surface area contributed by atoms with E-state index in [0.717, 1.165) is 12.8 Å². The summed E-state index contributed by atoms with van der Waals surface area (Å²) in [6.07, 6.45) is 1.87. The molecule has 0 radical (unpaired) electrons. The fourth-order valence-corrected chi connectivity index (χ4v) is 3.57. The zero-order chi connectivity index (χ0) is 18.1. The number of anilines is 1. The maximum atomic E-state index is 12.5. The van der Waals surface area contributed by atoms with Crippen LogP contribution in [0, 0.1) is 0 Å². The van der Waals surface area contributed by atoms with Crippen LogP contribution in [0.1, 0.15) is 40.1 Å². The summed E-state index contributed by atoms with van der Waals surface area (Å²) in [6, 6.07) is 10.8. The van der Waals surface area contributed by atoms with E-state index in [-0.39, 0.29) is 11.5 Å². The van der Waals surface area contributed by atoms with E-state index in [0.29, 0.717) is 36.6 Å². The average Bonchev–Trinajstić information content (AvgIpc) is 2.68. The molecule has 1 saturated heterocycles. The van der Waals surface area contributed by atoms with Gasteiger partial charge < -0.3 is 14.4 Å².